The van der Waals surface area contributed by atoms with Crippen molar-refractivity contribution in [2.24, 2.45) is 0 Å². The maximum atomic E-state index is 11.7. The summed E-state index contributed by atoms with van der Waals surface area (Å²) in [7, 11) is 0. The highest BCUT2D eigenvalue weighted by atomic mass is 32.2. The SMILES string of the molecule is Cc1ccc(=O)n(CC2Cc3ccccc3S2)n1. The number of aromatic nitrogens is 2. The first-order valence-electron chi connectivity index (χ1n) is 6.02. The minimum Gasteiger partial charge on any atom is -0.268 e. The van der Waals surface area contributed by atoms with Crippen molar-refractivity contribution in [3.63, 3.8) is 0 Å². The van der Waals surface area contributed by atoms with Crippen molar-refractivity contribution in [2.45, 2.75) is 30.0 Å². The molecule has 2 heterocycles. The number of hydrogen-bond donors (Lipinski definition) is 0. The van der Waals surface area contributed by atoms with Crippen molar-refractivity contribution in [3.8, 4) is 0 Å². The summed E-state index contributed by atoms with van der Waals surface area (Å²) < 4.78 is 1.58. The van der Waals surface area contributed by atoms with Crippen LogP contribution in [0.2, 0.25) is 0 Å². The van der Waals surface area contributed by atoms with Crippen molar-refractivity contribution < 1.29 is 0 Å². The number of hydrogen-bond acceptors (Lipinski definition) is 3. The Morgan fingerprint density at radius 3 is 3.00 bits per heavy atom. The lowest BCUT2D eigenvalue weighted by molar-refractivity contribution is 0.555. The third-order valence-electron chi connectivity index (χ3n) is 3.09. The van der Waals surface area contributed by atoms with E-state index in [0.29, 0.717) is 11.8 Å². The van der Waals surface area contributed by atoms with Gasteiger partial charge in [0.15, 0.2) is 0 Å². The van der Waals surface area contributed by atoms with Crippen molar-refractivity contribution in [2.75, 3.05) is 0 Å². The van der Waals surface area contributed by atoms with E-state index < -0.39 is 0 Å². The molecule has 0 aliphatic carbocycles. The third kappa shape index (κ3) is 2.20. The quantitative estimate of drug-likeness (QED) is 0.829. The van der Waals surface area contributed by atoms with Gasteiger partial charge in [0.2, 0.25) is 0 Å². The van der Waals surface area contributed by atoms with Crippen LogP contribution in [0, 0.1) is 6.92 Å². The Bertz CT molecular complexity index is 611. The zero-order chi connectivity index (χ0) is 12.5. The van der Waals surface area contributed by atoms with E-state index in [1.807, 2.05) is 18.7 Å². The summed E-state index contributed by atoms with van der Waals surface area (Å²) in [4.78, 5) is 13.1. The first-order chi connectivity index (χ1) is 8.72. The second-order valence-electron chi connectivity index (χ2n) is 4.55. The van der Waals surface area contributed by atoms with E-state index in [2.05, 4.69) is 29.4 Å². The minimum atomic E-state index is -0.0165. The summed E-state index contributed by atoms with van der Waals surface area (Å²) in [5, 5.41) is 4.70. The van der Waals surface area contributed by atoms with Gasteiger partial charge in [-0.1, -0.05) is 18.2 Å². The molecule has 4 heteroatoms. The fourth-order valence-electron chi connectivity index (χ4n) is 2.23. The third-order valence-corrected chi connectivity index (χ3v) is 4.39. The molecule has 18 heavy (non-hydrogen) atoms. The van der Waals surface area contributed by atoms with Gasteiger partial charge < -0.3 is 0 Å². The van der Waals surface area contributed by atoms with Gasteiger partial charge in [0.25, 0.3) is 5.56 Å². The van der Waals surface area contributed by atoms with E-state index >= 15 is 0 Å². The van der Waals surface area contributed by atoms with Crippen LogP contribution in [0.1, 0.15) is 11.3 Å². The minimum absolute atomic E-state index is 0.0165. The van der Waals surface area contributed by atoms with Gasteiger partial charge >= 0.3 is 0 Å². The predicted molar refractivity (Wildman–Crippen MR) is 73.0 cm³/mol. The maximum Gasteiger partial charge on any atom is 0.266 e. The van der Waals surface area contributed by atoms with Crippen LogP contribution >= 0.6 is 11.8 Å². The molecule has 0 saturated carbocycles. The van der Waals surface area contributed by atoms with Gasteiger partial charge in [-0.2, -0.15) is 5.10 Å². The van der Waals surface area contributed by atoms with E-state index in [0.717, 1.165) is 12.1 Å². The molecule has 1 aliphatic heterocycles. The number of rotatable bonds is 2. The Hall–Kier alpha value is -1.55. The van der Waals surface area contributed by atoms with Crippen molar-refractivity contribution in [1.82, 2.24) is 9.78 Å². The number of benzene rings is 1. The summed E-state index contributed by atoms with van der Waals surface area (Å²) in [5.41, 5.74) is 2.25. The molecule has 1 aliphatic rings. The molecular weight excluding hydrogens is 244 g/mol. The maximum absolute atomic E-state index is 11.7. The summed E-state index contributed by atoms with van der Waals surface area (Å²) >= 11 is 1.85. The fourth-order valence-corrected chi connectivity index (χ4v) is 3.53. The molecule has 0 radical (unpaired) electrons. The first-order valence-corrected chi connectivity index (χ1v) is 6.90. The molecule has 3 nitrogen and oxygen atoms in total. The Kier molecular flexibility index (Phi) is 2.96. The Morgan fingerprint density at radius 2 is 2.17 bits per heavy atom. The van der Waals surface area contributed by atoms with Crippen molar-refractivity contribution in [3.05, 3.63) is 58.0 Å². The monoisotopic (exact) mass is 258 g/mol. The summed E-state index contributed by atoms with van der Waals surface area (Å²) in [6.07, 6.45) is 1.02. The molecule has 2 aromatic rings. The lowest BCUT2D eigenvalue weighted by Crippen LogP contribution is -2.27. The topological polar surface area (TPSA) is 34.9 Å². The van der Waals surface area contributed by atoms with Gasteiger partial charge in [-0.25, -0.2) is 4.68 Å². The van der Waals surface area contributed by atoms with Crippen LogP contribution in [0.5, 0.6) is 0 Å². The molecule has 0 bridgehead atoms. The van der Waals surface area contributed by atoms with Crippen LogP contribution < -0.4 is 5.56 Å². The molecule has 1 atom stereocenters. The van der Waals surface area contributed by atoms with Gasteiger partial charge in [0.05, 0.1) is 12.2 Å². The number of aryl methyl sites for hydroxylation is 1. The highest BCUT2D eigenvalue weighted by Gasteiger charge is 2.22. The average molecular weight is 258 g/mol. The molecular formula is C14H14N2OS. The van der Waals surface area contributed by atoms with E-state index in [1.165, 1.54) is 10.5 Å². The van der Waals surface area contributed by atoms with Crippen LogP contribution in [0.25, 0.3) is 0 Å². The van der Waals surface area contributed by atoms with Gasteiger partial charge in [-0.15, -0.1) is 11.8 Å². The molecule has 1 aromatic carbocycles. The number of nitrogens with zero attached hydrogens (tertiary/aromatic N) is 2. The smallest absolute Gasteiger partial charge is 0.266 e. The van der Waals surface area contributed by atoms with Gasteiger partial charge in [-0.3, -0.25) is 4.79 Å². The zero-order valence-electron chi connectivity index (χ0n) is 10.2. The molecule has 0 spiro atoms. The second kappa shape index (κ2) is 4.61. The van der Waals surface area contributed by atoms with Gasteiger partial charge in [-0.05, 0) is 31.0 Å². The van der Waals surface area contributed by atoms with Crippen molar-refractivity contribution in [1.29, 1.82) is 0 Å². The summed E-state index contributed by atoms with van der Waals surface area (Å²) in [6.45, 7) is 2.59. The highest BCUT2D eigenvalue weighted by molar-refractivity contribution is 8.00. The summed E-state index contributed by atoms with van der Waals surface area (Å²) in [5.74, 6) is 0. The zero-order valence-corrected chi connectivity index (χ0v) is 11.0. The molecule has 92 valence electrons. The molecule has 0 N–H and O–H groups in total. The van der Waals surface area contributed by atoms with E-state index in [1.54, 1.807) is 16.8 Å². The number of fused-ring (bicyclic) bond motifs is 1. The van der Waals surface area contributed by atoms with Gasteiger partial charge in [0.1, 0.15) is 0 Å². The van der Waals surface area contributed by atoms with Crippen LogP contribution in [0.3, 0.4) is 0 Å². The molecule has 1 aromatic heterocycles. The van der Waals surface area contributed by atoms with E-state index in [4.69, 9.17) is 0 Å². The van der Waals surface area contributed by atoms with Crippen molar-refractivity contribution >= 4 is 11.8 Å². The van der Waals surface area contributed by atoms with E-state index in [9.17, 15) is 4.79 Å². The average Bonchev–Trinajstić information content (AvgIpc) is 2.76. The van der Waals surface area contributed by atoms with Crippen LogP contribution in [-0.2, 0) is 13.0 Å². The van der Waals surface area contributed by atoms with Crippen LogP contribution in [-0.4, -0.2) is 15.0 Å². The Labute approximate surface area is 110 Å². The fraction of sp³-hybridized carbons (Fsp3) is 0.286. The largest absolute Gasteiger partial charge is 0.268 e. The second-order valence-corrected chi connectivity index (χ2v) is 5.89. The van der Waals surface area contributed by atoms with Crippen LogP contribution in [0.15, 0.2) is 46.1 Å². The molecule has 3 rings (SSSR count). The highest BCUT2D eigenvalue weighted by Crippen LogP contribution is 2.37. The lowest BCUT2D eigenvalue weighted by atomic mass is 10.1. The predicted octanol–water partition coefficient (Wildman–Crippen LogP) is 2.27. The summed E-state index contributed by atoms with van der Waals surface area (Å²) in [6, 6.07) is 11.8. The van der Waals surface area contributed by atoms with Crippen LogP contribution in [0.4, 0.5) is 0 Å². The molecule has 0 amide bonds. The lowest BCUT2D eigenvalue weighted by Gasteiger charge is -2.10. The molecule has 0 fully saturated rings. The van der Waals surface area contributed by atoms with E-state index in [-0.39, 0.29) is 5.56 Å². The first kappa shape index (κ1) is 11.5. The Balaban J connectivity index is 1.80. The standard InChI is InChI=1S/C14H14N2OS/c1-10-6-7-14(17)16(15-10)9-12-8-11-4-2-3-5-13(11)18-12/h2-7,12H,8-9H2,1H3. The normalized spacial score (nSPS) is 17.7. The Morgan fingerprint density at radius 1 is 1.33 bits per heavy atom. The number of thioether (sulfide) groups is 1. The molecule has 1 unspecified atom stereocenters. The van der Waals surface area contributed by atoms with Gasteiger partial charge in [0, 0.05) is 16.2 Å². The molecule has 0 saturated heterocycles.